The van der Waals surface area contributed by atoms with Crippen molar-refractivity contribution in [1.82, 2.24) is 0 Å². The number of ether oxygens (including phenoxy) is 1. The number of carbonyl (C=O) groups excluding carboxylic acids is 2. The number of cyclic esters (lactones) is 1. The summed E-state index contributed by atoms with van der Waals surface area (Å²) in [5, 5.41) is 0. The van der Waals surface area contributed by atoms with Crippen LogP contribution in [0.15, 0.2) is 30.3 Å². The Morgan fingerprint density at radius 3 is 2.53 bits per heavy atom. The third kappa shape index (κ3) is 1.91. The number of rotatable bonds is 2. The molecule has 2 rings (SSSR count). The Morgan fingerprint density at radius 2 is 2.00 bits per heavy atom. The first-order chi connectivity index (χ1) is 7.18. The highest BCUT2D eigenvalue weighted by molar-refractivity contribution is 6.00. The summed E-state index contributed by atoms with van der Waals surface area (Å²) >= 11 is 0. The molecule has 3 nitrogen and oxygen atoms in total. The number of Topliss-reactive ketones (excluding diaryl/α,β-unsaturated/α-hetero) is 1. The molecule has 2 unspecified atom stereocenters. The van der Waals surface area contributed by atoms with Crippen molar-refractivity contribution in [2.75, 3.05) is 0 Å². The third-order valence-electron chi connectivity index (χ3n) is 2.67. The van der Waals surface area contributed by atoms with Crippen LogP contribution in [0.5, 0.6) is 0 Å². The number of carbonyl (C=O) groups is 2. The van der Waals surface area contributed by atoms with Crippen molar-refractivity contribution in [2.45, 2.75) is 19.4 Å². The normalized spacial score (nSPS) is 25.0. The molecule has 0 aromatic heterocycles. The van der Waals surface area contributed by atoms with Crippen LogP contribution in [0.2, 0.25) is 0 Å². The first-order valence-corrected chi connectivity index (χ1v) is 4.97. The van der Waals surface area contributed by atoms with Gasteiger partial charge >= 0.3 is 5.97 Å². The van der Waals surface area contributed by atoms with Gasteiger partial charge in [-0.1, -0.05) is 30.3 Å². The van der Waals surface area contributed by atoms with Crippen LogP contribution in [0.1, 0.15) is 23.7 Å². The van der Waals surface area contributed by atoms with Gasteiger partial charge in [0.25, 0.3) is 0 Å². The van der Waals surface area contributed by atoms with Gasteiger partial charge in [-0.15, -0.1) is 0 Å². The summed E-state index contributed by atoms with van der Waals surface area (Å²) in [7, 11) is 0. The van der Waals surface area contributed by atoms with Gasteiger partial charge in [-0.05, 0) is 6.92 Å². The smallest absolute Gasteiger partial charge is 0.306 e. The Labute approximate surface area is 88.1 Å². The lowest BCUT2D eigenvalue weighted by molar-refractivity contribution is -0.140. The molecule has 0 spiro atoms. The van der Waals surface area contributed by atoms with Crippen LogP contribution in [0.3, 0.4) is 0 Å². The predicted octanol–water partition coefficient (Wildman–Crippen LogP) is 1.82. The predicted molar refractivity (Wildman–Crippen MR) is 54.4 cm³/mol. The summed E-state index contributed by atoms with van der Waals surface area (Å²) in [5.74, 6) is -0.606. The lowest BCUT2D eigenvalue weighted by Crippen LogP contribution is -2.21. The minimum Gasteiger partial charge on any atom is -0.462 e. The van der Waals surface area contributed by atoms with Gasteiger partial charge in [-0.2, -0.15) is 0 Å². The van der Waals surface area contributed by atoms with Crippen molar-refractivity contribution >= 4 is 11.8 Å². The molecule has 0 amide bonds. The van der Waals surface area contributed by atoms with Gasteiger partial charge in [0.15, 0.2) is 5.78 Å². The van der Waals surface area contributed by atoms with Crippen molar-refractivity contribution in [1.29, 1.82) is 0 Å². The van der Waals surface area contributed by atoms with Crippen molar-refractivity contribution in [3.8, 4) is 0 Å². The fourth-order valence-corrected chi connectivity index (χ4v) is 1.81. The van der Waals surface area contributed by atoms with E-state index in [1.165, 1.54) is 0 Å². The Bertz CT molecular complexity index is 383. The zero-order valence-corrected chi connectivity index (χ0v) is 8.47. The molecule has 0 aliphatic carbocycles. The van der Waals surface area contributed by atoms with Crippen LogP contribution >= 0.6 is 0 Å². The second-order valence-corrected chi connectivity index (χ2v) is 3.74. The molecule has 0 N–H and O–H groups in total. The molecule has 0 bridgehead atoms. The molecule has 78 valence electrons. The molecule has 1 aromatic carbocycles. The van der Waals surface area contributed by atoms with E-state index in [4.69, 9.17) is 4.74 Å². The van der Waals surface area contributed by atoms with Crippen LogP contribution in [0.25, 0.3) is 0 Å². The van der Waals surface area contributed by atoms with Crippen molar-refractivity contribution in [3.63, 3.8) is 0 Å². The zero-order valence-electron chi connectivity index (χ0n) is 8.47. The fourth-order valence-electron chi connectivity index (χ4n) is 1.81. The highest BCUT2D eigenvalue weighted by atomic mass is 16.5. The maximum atomic E-state index is 12.0. The van der Waals surface area contributed by atoms with Crippen molar-refractivity contribution < 1.29 is 14.3 Å². The molecule has 1 fully saturated rings. The maximum absolute atomic E-state index is 12.0. The molecule has 1 saturated heterocycles. The molecule has 1 aliphatic rings. The zero-order chi connectivity index (χ0) is 10.8. The molecule has 3 heteroatoms. The van der Waals surface area contributed by atoms with Crippen LogP contribution in [-0.2, 0) is 9.53 Å². The molecule has 1 aromatic rings. The second-order valence-electron chi connectivity index (χ2n) is 3.74. The summed E-state index contributed by atoms with van der Waals surface area (Å²) < 4.78 is 4.96. The van der Waals surface area contributed by atoms with Crippen LogP contribution in [-0.4, -0.2) is 17.9 Å². The summed E-state index contributed by atoms with van der Waals surface area (Å²) in [4.78, 5) is 23.0. The summed E-state index contributed by atoms with van der Waals surface area (Å²) in [6, 6.07) is 9.01. The molecule has 0 saturated carbocycles. The SMILES string of the molecule is CC1OC(=O)CC1C(=O)c1ccccc1. The summed E-state index contributed by atoms with van der Waals surface area (Å²) in [6.45, 7) is 1.76. The van der Waals surface area contributed by atoms with Crippen LogP contribution in [0.4, 0.5) is 0 Å². The molecule has 1 heterocycles. The van der Waals surface area contributed by atoms with E-state index >= 15 is 0 Å². The Morgan fingerprint density at radius 1 is 1.33 bits per heavy atom. The van der Waals surface area contributed by atoms with Gasteiger partial charge in [0.1, 0.15) is 6.10 Å². The van der Waals surface area contributed by atoms with Gasteiger partial charge in [0.2, 0.25) is 0 Å². The number of ketones is 1. The Kier molecular flexibility index (Phi) is 2.54. The number of hydrogen-bond acceptors (Lipinski definition) is 3. The van der Waals surface area contributed by atoms with Gasteiger partial charge < -0.3 is 4.74 Å². The highest BCUT2D eigenvalue weighted by Crippen LogP contribution is 2.25. The average Bonchev–Trinajstić information content (AvgIpc) is 2.58. The number of hydrogen-bond donors (Lipinski definition) is 0. The van der Waals surface area contributed by atoms with E-state index in [0.29, 0.717) is 5.56 Å². The van der Waals surface area contributed by atoms with Crippen LogP contribution < -0.4 is 0 Å². The van der Waals surface area contributed by atoms with E-state index in [-0.39, 0.29) is 30.2 Å². The minimum absolute atomic E-state index is 0.00560. The molecule has 2 atom stereocenters. The molecule has 0 radical (unpaired) electrons. The highest BCUT2D eigenvalue weighted by Gasteiger charge is 2.36. The van der Waals surface area contributed by atoms with Gasteiger partial charge in [0, 0.05) is 5.56 Å². The lowest BCUT2D eigenvalue weighted by Gasteiger charge is -2.11. The van der Waals surface area contributed by atoms with Gasteiger partial charge in [0.05, 0.1) is 12.3 Å². The van der Waals surface area contributed by atoms with Crippen molar-refractivity contribution in [3.05, 3.63) is 35.9 Å². The Hall–Kier alpha value is -1.64. The summed E-state index contributed by atoms with van der Waals surface area (Å²) in [6.07, 6.45) is -0.0975. The first kappa shape index (κ1) is 9.90. The Balaban J connectivity index is 2.19. The quantitative estimate of drug-likeness (QED) is 0.545. The van der Waals surface area contributed by atoms with E-state index in [0.717, 1.165) is 0 Å². The van der Waals surface area contributed by atoms with E-state index in [1.807, 2.05) is 18.2 Å². The second kappa shape index (κ2) is 3.85. The average molecular weight is 204 g/mol. The number of benzene rings is 1. The van der Waals surface area contributed by atoms with Crippen LogP contribution in [0, 0.1) is 5.92 Å². The van der Waals surface area contributed by atoms with E-state index in [1.54, 1.807) is 19.1 Å². The largest absolute Gasteiger partial charge is 0.462 e. The number of esters is 1. The molecular formula is C12H12O3. The van der Waals surface area contributed by atoms with E-state index in [2.05, 4.69) is 0 Å². The van der Waals surface area contributed by atoms with Gasteiger partial charge in [-0.3, -0.25) is 9.59 Å². The molecule has 15 heavy (non-hydrogen) atoms. The topological polar surface area (TPSA) is 43.4 Å². The maximum Gasteiger partial charge on any atom is 0.306 e. The van der Waals surface area contributed by atoms with E-state index in [9.17, 15) is 9.59 Å². The third-order valence-corrected chi connectivity index (χ3v) is 2.67. The molecular weight excluding hydrogens is 192 g/mol. The van der Waals surface area contributed by atoms with Gasteiger partial charge in [-0.25, -0.2) is 0 Å². The lowest BCUT2D eigenvalue weighted by atomic mass is 9.92. The monoisotopic (exact) mass is 204 g/mol. The summed E-state index contributed by atoms with van der Waals surface area (Å²) in [5.41, 5.74) is 0.646. The standard InChI is InChI=1S/C12H12O3/c1-8-10(7-11(13)15-8)12(14)9-5-3-2-4-6-9/h2-6,8,10H,7H2,1H3. The van der Waals surface area contributed by atoms with E-state index < -0.39 is 0 Å². The first-order valence-electron chi connectivity index (χ1n) is 4.97. The molecule has 1 aliphatic heterocycles. The van der Waals surface area contributed by atoms with Crippen molar-refractivity contribution in [2.24, 2.45) is 5.92 Å². The fraction of sp³-hybridized carbons (Fsp3) is 0.333. The minimum atomic E-state index is -0.320.